The second-order valence-corrected chi connectivity index (χ2v) is 6.84. The van der Waals surface area contributed by atoms with Gasteiger partial charge in [0, 0.05) is 35.5 Å². The van der Waals surface area contributed by atoms with Gasteiger partial charge in [-0.25, -0.2) is 4.68 Å². The third-order valence-electron chi connectivity index (χ3n) is 4.77. The van der Waals surface area contributed by atoms with Gasteiger partial charge in [-0.2, -0.15) is 10.1 Å². The van der Waals surface area contributed by atoms with Crippen LogP contribution in [0.2, 0.25) is 0 Å². The van der Waals surface area contributed by atoms with Crippen LogP contribution < -0.4 is 5.32 Å². The number of hydrogen-bond acceptors (Lipinski definition) is 6. The lowest BCUT2D eigenvalue weighted by Crippen LogP contribution is -2.31. The Morgan fingerprint density at radius 3 is 2.96 bits per heavy atom. The summed E-state index contributed by atoms with van der Waals surface area (Å²) in [5.41, 5.74) is 3.92. The molecule has 0 unspecified atom stereocenters. The molecule has 0 bridgehead atoms. The predicted molar refractivity (Wildman–Crippen MR) is 92.1 cm³/mol. The van der Waals surface area contributed by atoms with Crippen molar-refractivity contribution in [1.82, 2.24) is 24.5 Å². The predicted octanol–water partition coefficient (Wildman–Crippen LogP) is 2.55. The summed E-state index contributed by atoms with van der Waals surface area (Å²) in [7, 11) is 0. The zero-order chi connectivity index (χ0) is 16.8. The number of rotatable bonds is 3. The lowest BCUT2D eigenvalue weighted by Gasteiger charge is -2.31. The van der Waals surface area contributed by atoms with E-state index in [-0.39, 0.29) is 11.8 Å². The maximum atomic E-state index is 12.7. The van der Waals surface area contributed by atoms with Crippen molar-refractivity contribution in [3.63, 3.8) is 0 Å². The van der Waals surface area contributed by atoms with Crippen LogP contribution in [0.25, 0.3) is 0 Å². The molecule has 126 valence electrons. The molecule has 4 rings (SSSR count). The number of allylic oxidation sites excluding steroid dienone is 2. The van der Waals surface area contributed by atoms with Crippen LogP contribution in [0.3, 0.4) is 0 Å². The van der Waals surface area contributed by atoms with Crippen molar-refractivity contribution in [3.8, 4) is 0 Å². The number of thioether (sulfide) groups is 1. The third-order valence-corrected chi connectivity index (χ3v) is 5.30. The normalized spacial score (nSPS) is 20.0. The quantitative estimate of drug-likeness (QED) is 0.862. The first-order valence-electron chi connectivity index (χ1n) is 8.20. The van der Waals surface area contributed by atoms with Gasteiger partial charge in [-0.1, -0.05) is 11.8 Å². The Hall–Kier alpha value is -2.09. The molecule has 0 saturated carbocycles. The van der Waals surface area contributed by atoms with Gasteiger partial charge in [0.2, 0.25) is 11.1 Å². The summed E-state index contributed by atoms with van der Waals surface area (Å²) in [6.45, 7) is 4.92. The van der Waals surface area contributed by atoms with Crippen molar-refractivity contribution < 1.29 is 4.79 Å². The van der Waals surface area contributed by atoms with E-state index in [1.807, 2.05) is 28.7 Å². The van der Waals surface area contributed by atoms with Crippen LogP contribution in [-0.2, 0) is 11.3 Å². The summed E-state index contributed by atoms with van der Waals surface area (Å²) in [5, 5.41) is 13.1. The Bertz CT molecular complexity index is 849. The molecule has 0 amide bonds. The highest BCUT2D eigenvalue weighted by Crippen LogP contribution is 2.41. The smallest absolute Gasteiger partial charge is 0.227 e. The molecule has 3 heterocycles. The van der Waals surface area contributed by atoms with Crippen LogP contribution in [0.5, 0.6) is 0 Å². The molecular formula is C16H20N6OS. The van der Waals surface area contributed by atoms with Gasteiger partial charge in [-0.3, -0.25) is 9.48 Å². The molecular weight excluding hydrogens is 324 g/mol. The monoisotopic (exact) mass is 344 g/mol. The molecule has 24 heavy (non-hydrogen) atoms. The Morgan fingerprint density at radius 2 is 2.25 bits per heavy atom. The van der Waals surface area contributed by atoms with E-state index in [0.717, 1.165) is 41.9 Å². The summed E-state index contributed by atoms with van der Waals surface area (Å²) >= 11 is 1.50. The van der Waals surface area contributed by atoms with Gasteiger partial charge in [0.1, 0.15) is 6.04 Å². The average Bonchev–Trinajstić information content (AvgIpc) is 3.16. The molecule has 1 aliphatic carbocycles. The van der Waals surface area contributed by atoms with Gasteiger partial charge in [0.15, 0.2) is 5.78 Å². The number of carbonyl (C=O) groups is 1. The molecule has 0 aromatic carbocycles. The second-order valence-electron chi connectivity index (χ2n) is 6.06. The molecule has 1 aliphatic heterocycles. The summed E-state index contributed by atoms with van der Waals surface area (Å²) in [6.07, 6.45) is 6.17. The molecule has 2 aromatic rings. The van der Waals surface area contributed by atoms with E-state index in [1.54, 1.807) is 0 Å². The fraction of sp³-hybridized carbons (Fsp3) is 0.500. The fourth-order valence-corrected chi connectivity index (χ4v) is 3.91. The molecule has 0 saturated heterocycles. The zero-order valence-electron chi connectivity index (χ0n) is 14.0. The number of carbonyl (C=O) groups excluding carboxylic acids is 1. The number of aryl methyl sites for hydroxylation is 1. The summed E-state index contributed by atoms with van der Waals surface area (Å²) in [5.74, 6) is 0.908. The minimum absolute atomic E-state index is 0.198. The van der Waals surface area contributed by atoms with Crippen LogP contribution in [0.15, 0.2) is 22.6 Å². The Kier molecular flexibility index (Phi) is 3.71. The first kappa shape index (κ1) is 15.4. The van der Waals surface area contributed by atoms with E-state index >= 15 is 0 Å². The van der Waals surface area contributed by atoms with Crippen LogP contribution in [-0.4, -0.2) is 36.6 Å². The van der Waals surface area contributed by atoms with Crippen LogP contribution >= 0.6 is 11.8 Å². The molecule has 0 fully saturated rings. The van der Waals surface area contributed by atoms with Crippen molar-refractivity contribution in [2.24, 2.45) is 0 Å². The average molecular weight is 344 g/mol. The number of aromatic nitrogens is 5. The van der Waals surface area contributed by atoms with Crippen molar-refractivity contribution in [2.75, 3.05) is 11.6 Å². The highest BCUT2D eigenvalue weighted by molar-refractivity contribution is 7.98. The highest BCUT2D eigenvalue weighted by Gasteiger charge is 2.38. The lowest BCUT2D eigenvalue weighted by atomic mass is 9.86. The molecule has 1 N–H and O–H groups in total. The lowest BCUT2D eigenvalue weighted by molar-refractivity contribution is -0.116. The number of ketones is 1. The molecule has 2 aromatic heterocycles. The highest BCUT2D eigenvalue weighted by atomic mass is 32.2. The van der Waals surface area contributed by atoms with E-state index in [9.17, 15) is 4.79 Å². The van der Waals surface area contributed by atoms with Gasteiger partial charge in [0.05, 0.1) is 6.20 Å². The van der Waals surface area contributed by atoms with Crippen LogP contribution in [0, 0.1) is 6.92 Å². The number of nitrogens with zero attached hydrogens (tertiary/aromatic N) is 5. The largest absolute Gasteiger partial charge is 0.328 e. The van der Waals surface area contributed by atoms with Crippen molar-refractivity contribution in [1.29, 1.82) is 0 Å². The second kappa shape index (κ2) is 5.77. The SMILES string of the molecule is CCn1ncc([C@H]2C3=C(CCCC3=O)Nc3nc(SC)nn32)c1C. The van der Waals surface area contributed by atoms with Crippen LogP contribution in [0.1, 0.15) is 43.5 Å². The molecule has 0 spiro atoms. The molecule has 2 aliphatic rings. The van der Waals surface area contributed by atoms with Crippen molar-refractivity contribution in [3.05, 3.63) is 28.7 Å². The number of fused-ring (bicyclic) bond motifs is 1. The third kappa shape index (κ3) is 2.20. The number of Topliss-reactive ketones (excluding diaryl/α,β-unsaturated/α-hetero) is 1. The van der Waals surface area contributed by atoms with E-state index in [4.69, 9.17) is 0 Å². The van der Waals surface area contributed by atoms with Gasteiger partial charge in [-0.05, 0) is 32.9 Å². The van der Waals surface area contributed by atoms with Gasteiger partial charge < -0.3 is 5.32 Å². The zero-order valence-corrected chi connectivity index (χ0v) is 14.9. The molecule has 0 radical (unpaired) electrons. The van der Waals surface area contributed by atoms with Crippen molar-refractivity contribution >= 4 is 23.5 Å². The topological polar surface area (TPSA) is 77.6 Å². The minimum atomic E-state index is -0.238. The van der Waals surface area contributed by atoms with E-state index in [0.29, 0.717) is 17.5 Å². The van der Waals surface area contributed by atoms with Gasteiger partial charge in [0.25, 0.3) is 0 Å². The maximum Gasteiger partial charge on any atom is 0.227 e. The summed E-state index contributed by atoms with van der Waals surface area (Å²) in [6, 6.07) is -0.238. The molecule has 8 heteroatoms. The van der Waals surface area contributed by atoms with E-state index in [2.05, 4.69) is 27.4 Å². The number of anilines is 1. The Labute approximate surface area is 144 Å². The maximum absolute atomic E-state index is 12.7. The van der Waals surface area contributed by atoms with E-state index in [1.165, 1.54) is 11.8 Å². The van der Waals surface area contributed by atoms with Crippen LogP contribution in [0.4, 0.5) is 5.95 Å². The Morgan fingerprint density at radius 1 is 1.42 bits per heavy atom. The van der Waals surface area contributed by atoms with Crippen molar-refractivity contribution in [2.45, 2.75) is 50.9 Å². The van der Waals surface area contributed by atoms with Gasteiger partial charge >= 0.3 is 0 Å². The first-order valence-corrected chi connectivity index (χ1v) is 9.42. The number of hydrogen-bond donors (Lipinski definition) is 1. The van der Waals surface area contributed by atoms with E-state index < -0.39 is 0 Å². The van der Waals surface area contributed by atoms with Gasteiger partial charge in [-0.15, -0.1) is 5.10 Å². The Balaban J connectivity index is 1.92. The summed E-state index contributed by atoms with van der Waals surface area (Å²) < 4.78 is 3.80. The first-order chi connectivity index (χ1) is 11.6. The standard InChI is InChI=1S/C16H20N6OS/c1-4-21-9(2)10(8-17-21)14-13-11(6-5-7-12(13)23)18-15-19-16(24-3)20-22(14)15/h8,14H,4-7H2,1-3H3,(H,18,19,20)/t14-/m0/s1. The summed E-state index contributed by atoms with van der Waals surface area (Å²) in [4.78, 5) is 17.2. The molecule has 7 nitrogen and oxygen atoms in total. The molecule has 1 atom stereocenters. The minimum Gasteiger partial charge on any atom is -0.328 e. The fourth-order valence-electron chi connectivity index (χ4n) is 3.56. The number of nitrogens with one attached hydrogen (secondary N) is 1.